The fraction of sp³-hybridized carbons (Fsp3) is 0.214. The highest BCUT2D eigenvalue weighted by Gasteiger charge is 2.12. The first-order valence-corrected chi connectivity index (χ1v) is 6.09. The number of rotatable bonds is 4. The first kappa shape index (κ1) is 13.0. The van der Waals surface area contributed by atoms with Gasteiger partial charge >= 0.3 is 0 Å². The molecule has 0 saturated heterocycles. The van der Waals surface area contributed by atoms with E-state index >= 15 is 0 Å². The molecule has 0 aliphatic rings. The molecule has 0 saturated carbocycles. The van der Waals surface area contributed by atoms with Crippen molar-refractivity contribution in [1.29, 1.82) is 0 Å². The van der Waals surface area contributed by atoms with Crippen molar-refractivity contribution in [2.75, 3.05) is 7.05 Å². The zero-order valence-corrected chi connectivity index (χ0v) is 10.8. The van der Waals surface area contributed by atoms with Gasteiger partial charge in [-0.3, -0.25) is 4.98 Å². The smallest absolute Gasteiger partial charge is 0.127 e. The van der Waals surface area contributed by atoms with Gasteiger partial charge in [-0.2, -0.15) is 0 Å². The SMILES string of the molecule is CNC(Cc1ccc(Cl)cc1F)c1ccncc1. The standard InChI is InChI=1S/C14H14ClFN2/c1-17-14(10-4-6-18-7-5-10)8-11-2-3-12(15)9-13(11)16/h2-7,9,14,17H,8H2,1H3. The average Bonchev–Trinajstić information content (AvgIpc) is 2.39. The summed E-state index contributed by atoms with van der Waals surface area (Å²) in [7, 11) is 1.86. The number of pyridine rings is 1. The van der Waals surface area contributed by atoms with E-state index in [1.165, 1.54) is 6.07 Å². The summed E-state index contributed by atoms with van der Waals surface area (Å²) in [4.78, 5) is 3.98. The molecule has 0 aliphatic heterocycles. The van der Waals surface area contributed by atoms with Crippen molar-refractivity contribution in [3.8, 4) is 0 Å². The van der Waals surface area contributed by atoms with E-state index < -0.39 is 0 Å². The lowest BCUT2D eigenvalue weighted by Gasteiger charge is -2.17. The maximum absolute atomic E-state index is 13.7. The first-order valence-electron chi connectivity index (χ1n) is 5.72. The second kappa shape index (κ2) is 5.94. The highest BCUT2D eigenvalue weighted by Crippen LogP contribution is 2.21. The van der Waals surface area contributed by atoms with E-state index in [1.807, 2.05) is 19.2 Å². The van der Waals surface area contributed by atoms with Crippen molar-refractivity contribution in [1.82, 2.24) is 10.3 Å². The number of nitrogens with one attached hydrogen (secondary N) is 1. The Hall–Kier alpha value is -1.45. The van der Waals surface area contributed by atoms with Crippen LogP contribution < -0.4 is 5.32 Å². The Morgan fingerprint density at radius 2 is 2.00 bits per heavy atom. The summed E-state index contributed by atoms with van der Waals surface area (Å²) < 4.78 is 13.7. The number of halogens is 2. The number of benzene rings is 1. The van der Waals surface area contributed by atoms with Crippen molar-refractivity contribution in [3.63, 3.8) is 0 Å². The molecule has 1 atom stereocenters. The Kier molecular flexibility index (Phi) is 4.28. The Balaban J connectivity index is 2.21. The minimum Gasteiger partial charge on any atom is -0.313 e. The molecule has 1 unspecified atom stereocenters. The molecule has 2 aromatic rings. The molecule has 1 aromatic heterocycles. The van der Waals surface area contributed by atoms with Crippen molar-refractivity contribution < 1.29 is 4.39 Å². The maximum Gasteiger partial charge on any atom is 0.127 e. The van der Waals surface area contributed by atoms with Gasteiger partial charge in [-0.1, -0.05) is 17.7 Å². The fourth-order valence-corrected chi connectivity index (χ4v) is 2.05. The Labute approximate surface area is 111 Å². The third-order valence-corrected chi connectivity index (χ3v) is 3.13. The second-order valence-electron chi connectivity index (χ2n) is 4.06. The normalized spacial score (nSPS) is 12.4. The predicted molar refractivity (Wildman–Crippen MR) is 71.2 cm³/mol. The van der Waals surface area contributed by atoms with Crippen LogP contribution in [-0.2, 0) is 6.42 Å². The van der Waals surface area contributed by atoms with Gasteiger partial charge in [0.2, 0.25) is 0 Å². The van der Waals surface area contributed by atoms with E-state index in [1.54, 1.807) is 24.5 Å². The number of hydrogen-bond acceptors (Lipinski definition) is 2. The van der Waals surface area contributed by atoms with Gasteiger partial charge in [0.25, 0.3) is 0 Å². The van der Waals surface area contributed by atoms with Crippen molar-refractivity contribution in [2.24, 2.45) is 0 Å². The molecule has 1 aromatic carbocycles. The Morgan fingerprint density at radius 3 is 2.61 bits per heavy atom. The van der Waals surface area contributed by atoms with Gasteiger partial charge in [-0.25, -0.2) is 4.39 Å². The molecule has 0 radical (unpaired) electrons. The summed E-state index contributed by atoms with van der Waals surface area (Å²) in [5, 5.41) is 3.60. The van der Waals surface area contributed by atoms with Crippen LogP contribution >= 0.6 is 11.6 Å². The molecule has 2 rings (SSSR count). The first-order chi connectivity index (χ1) is 8.70. The molecular formula is C14H14ClFN2. The third-order valence-electron chi connectivity index (χ3n) is 2.90. The summed E-state index contributed by atoms with van der Waals surface area (Å²) in [5.74, 6) is -0.267. The van der Waals surface area contributed by atoms with E-state index in [0.29, 0.717) is 17.0 Å². The van der Waals surface area contributed by atoms with Gasteiger partial charge < -0.3 is 5.32 Å². The van der Waals surface area contributed by atoms with Gasteiger partial charge in [0.1, 0.15) is 5.82 Å². The molecule has 0 fully saturated rings. The fourth-order valence-electron chi connectivity index (χ4n) is 1.89. The molecule has 94 valence electrons. The lowest BCUT2D eigenvalue weighted by Crippen LogP contribution is -2.19. The number of likely N-dealkylation sites (N-methyl/N-ethyl adjacent to an activating group) is 1. The number of aromatic nitrogens is 1. The molecule has 0 aliphatic carbocycles. The Morgan fingerprint density at radius 1 is 1.28 bits per heavy atom. The van der Waals surface area contributed by atoms with E-state index in [4.69, 9.17) is 11.6 Å². The van der Waals surface area contributed by atoms with Gasteiger partial charge in [0.05, 0.1) is 0 Å². The second-order valence-corrected chi connectivity index (χ2v) is 4.50. The van der Waals surface area contributed by atoms with Crippen LogP contribution in [0.25, 0.3) is 0 Å². The van der Waals surface area contributed by atoms with Crippen LogP contribution in [0.15, 0.2) is 42.7 Å². The minimum absolute atomic E-state index is 0.0590. The summed E-state index contributed by atoms with van der Waals surface area (Å²) >= 11 is 5.74. The van der Waals surface area contributed by atoms with Gasteiger partial charge in [0, 0.05) is 23.5 Å². The van der Waals surface area contributed by atoms with Crippen molar-refractivity contribution >= 4 is 11.6 Å². The van der Waals surface area contributed by atoms with Gasteiger partial charge in [0.15, 0.2) is 0 Å². The topological polar surface area (TPSA) is 24.9 Å². The Bertz CT molecular complexity index is 516. The monoisotopic (exact) mass is 264 g/mol. The van der Waals surface area contributed by atoms with Crippen LogP contribution in [-0.4, -0.2) is 12.0 Å². The van der Waals surface area contributed by atoms with Gasteiger partial charge in [-0.15, -0.1) is 0 Å². The molecule has 0 amide bonds. The number of hydrogen-bond donors (Lipinski definition) is 1. The molecule has 4 heteroatoms. The molecular weight excluding hydrogens is 251 g/mol. The predicted octanol–water partition coefficient (Wildman–Crippen LogP) is 3.38. The van der Waals surface area contributed by atoms with Crippen LogP contribution in [0.5, 0.6) is 0 Å². The summed E-state index contributed by atoms with van der Waals surface area (Å²) in [6, 6.07) is 8.69. The van der Waals surface area contributed by atoms with E-state index in [-0.39, 0.29) is 11.9 Å². The molecule has 2 nitrogen and oxygen atoms in total. The van der Waals surface area contributed by atoms with Crippen LogP contribution in [0.2, 0.25) is 5.02 Å². The van der Waals surface area contributed by atoms with E-state index in [0.717, 1.165) is 5.56 Å². The largest absolute Gasteiger partial charge is 0.313 e. The van der Waals surface area contributed by atoms with Crippen molar-refractivity contribution in [3.05, 3.63) is 64.7 Å². The zero-order valence-electron chi connectivity index (χ0n) is 10.0. The number of nitrogens with zero attached hydrogens (tertiary/aromatic N) is 1. The van der Waals surface area contributed by atoms with Crippen LogP contribution in [0.3, 0.4) is 0 Å². The molecule has 0 bridgehead atoms. The summed E-state index contributed by atoms with van der Waals surface area (Å²) in [6.45, 7) is 0. The van der Waals surface area contributed by atoms with E-state index in [9.17, 15) is 4.39 Å². The molecule has 18 heavy (non-hydrogen) atoms. The lowest BCUT2D eigenvalue weighted by molar-refractivity contribution is 0.554. The van der Waals surface area contributed by atoms with Gasteiger partial charge in [-0.05, 0) is 48.9 Å². The lowest BCUT2D eigenvalue weighted by atomic mass is 9.99. The minimum atomic E-state index is -0.267. The summed E-state index contributed by atoms with van der Waals surface area (Å²) in [6.07, 6.45) is 4.04. The molecule has 0 spiro atoms. The average molecular weight is 265 g/mol. The summed E-state index contributed by atoms with van der Waals surface area (Å²) in [5.41, 5.74) is 1.73. The molecule has 1 heterocycles. The van der Waals surface area contributed by atoms with Crippen LogP contribution in [0, 0.1) is 5.82 Å². The highest BCUT2D eigenvalue weighted by atomic mass is 35.5. The third kappa shape index (κ3) is 3.06. The highest BCUT2D eigenvalue weighted by molar-refractivity contribution is 6.30. The maximum atomic E-state index is 13.7. The zero-order chi connectivity index (χ0) is 13.0. The van der Waals surface area contributed by atoms with E-state index in [2.05, 4.69) is 10.3 Å². The quantitative estimate of drug-likeness (QED) is 0.916. The van der Waals surface area contributed by atoms with Crippen molar-refractivity contribution in [2.45, 2.75) is 12.5 Å². The molecule has 1 N–H and O–H groups in total. The van der Waals surface area contributed by atoms with Crippen LogP contribution in [0.4, 0.5) is 4.39 Å². The van der Waals surface area contributed by atoms with Crippen LogP contribution in [0.1, 0.15) is 17.2 Å².